The Hall–Kier alpha value is -0.610. The van der Waals surface area contributed by atoms with Gasteiger partial charge in [0.2, 0.25) is 5.91 Å². The van der Waals surface area contributed by atoms with Gasteiger partial charge < -0.3 is 10.2 Å². The number of piperidine rings is 2. The van der Waals surface area contributed by atoms with Gasteiger partial charge in [-0.25, -0.2) is 0 Å². The molecule has 4 heteroatoms. The molecule has 0 spiro atoms. The minimum Gasteiger partial charge on any atom is -0.343 e. The highest BCUT2D eigenvalue weighted by atomic mass is 16.2. The van der Waals surface area contributed by atoms with Gasteiger partial charge in [0.1, 0.15) is 0 Å². The molecule has 3 rings (SSSR count). The lowest BCUT2D eigenvalue weighted by Crippen LogP contribution is -2.49. The van der Waals surface area contributed by atoms with E-state index in [4.69, 9.17) is 0 Å². The summed E-state index contributed by atoms with van der Waals surface area (Å²) in [6, 6.07) is 2.14. The maximum Gasteiger partial charge on any atom is 0.223 e. The van der Waals surface area contributed by atoms with Crippen molar-refractivity contribution in [3.05, 3.63) is 0 Å². The van der Waals surface area contributed by atoms with Crippen LogP contribution in [0.1, 0.15) is 51.4 Å². The number of likely N-dealkylation sites (tertiary alicyclic amines) is 1. The summed E-state index contributed by atoms with van der Waals surface area (Å²) in [7, 11) is 2.08. The monoisotopic (exact) mass is 279 g/mol. The van der Waals surface area contributed by atoms with E-state index in [-0.39, 0.29) is 0 Å². The first kappa shape index (κ1) is 14.3. The number of hydrogen-bond donors (Lipinski definition) is 1. The number of amides is 1. The van der Waals surface area contributed by atoms with Gasteiger partial charge in [0, 0.05) is 44.2 Å². The molecule has 1 amide bonds. The molecule has 4 nitrogen and oxygen atoms in total. The molecule has 2 atom stereocenters. The molecular formula is C16H29N3O. The van der Waals surface area contributed by atoms with Crippen molar-refractivity contribution in [1.82, 2.24) is 15.1 Å². The number of carbonyl (C=O) groups excluding carboxylic acids is 1. The predicted molar refractivity (Wildman–Crippen MR) is 80.6 cm³/mol. The van der Waals surface area contributed by atoms with Crippen molar-refractivity contribution in [3.8, 4) is 0 Å². The molecule has 0 aliphatic carbocycles. The fourth-order valence-electron chi connectivity index (χ4n) is 4.40. The number of fused-ring (bicyclic) bond motifs is 2. The molecule has 0 aromatic carbocycles. The maximum atomic E-state index is 12.3. The molecule has 0 aromatic heterocycles. The van der Waals surface area contributed by atoms with Crippen LogP contribution < -0.4 is 5.32 Å². The van der Waals surface area contributed by atoms with Gasteiger partial charge in [0.15, 0.2) is 0 Å². The van der Waals surface area contributed by atoms with Crippen LogP contribution >= 0.6 is 0 Å². The molecule has 2 unspecified atom stereocenters. The van der Waals surface area contributed by atoms with Crippen molar-refractivity contribution in [2.75, 3.05) is 26.7 Å². The van der Waals surface area contributed by atoms with Crippen LogP contribution in [-0.4, -0.2) is 60.5 Å². The van der Waals surface area contributed by atoms with Crippen molar-refractivity contribution in [1.29, 1.82) is 0 Å². The standard InChI is InChI=1S/C16H29N3O/c1-17-13-11-14-5-6-15(12-13)19(14)10-7-16(20)18-8-3-2-4-9-18/h13-15,17H,2-12H2,1H3. The van der Waals surface area contributed by atoms with Crippen LogP contribution in [0.3, 0.4) is 0 Å². The Balaban J connectivity index is 1.48. The highest BCUT2D eigenvalue weighted by Crippen LogP contribution is 2.35. The van der Waals surface area contributed by atoms with E-state index in [1.54, 1.807) is 0 Å². The molecule has 114 valence electrons. The summed E-state index contributed by atoms with van der Waals surface area (Å²) in [5.41, 5.74) is 0. The van der Waals surface area contributed by atoms with Crippen LogP contribution in [-0.2, 0) is 4.79 Å². The second-order valence-corrected chi connectivity index (χ2v) is 6.77. The second-order valence-electron chi connectivity index (χ2n) is 6.77. The van der Waals surface area contributed by atoms with E-state index in [0.717, 1.165) is 38.1 Å². The Labute approximate surface area is 122 Å². The van der Waals surface area contributed by atoms with Crippen LogP contribution in [0.4, 0.5) is 0 Å². The summed E-state index contributed by atoms with van der Waals surface area (Å²) in [5.74, 6) is 0.389. The van der Waals surface area contributed by atoms with E-state index in [1.807, 2.05) is 0 Å². The smallest absolute Gasteiger partial charge is 0.223 e. The molecular weight excluding hydrogens is 250 g/mol. The molecule has 2 bridgehead atoms. The molecule has 3 aliphatic heterocycles. The molecule has 0 saturated carbocycles. The third-order valence-electron chi connectivity index (χ3n) is 5.59. The van der Waals surface area contributed by atoms with Crippen molar-refractivity contribution in [3.63, 3.8) is 0 Å². The number of nitrogens with zero attached hydrogens (tertiary/aromatic N) is 2. The van der Waals surface area contributed by atoms with Crippen LogP contribution in [0.2, 0.25) is 0 Å². The first-order chi connectivity index (χ1) is 9.78. The van der Waals surface area contributed by atoms with Crippen LogP contribution in [0.25, 0.3) is 0 Å². The zero-order chi connectivity index (χ0) is 13.9. The van der Waals surface area contributed by atoms with Gasteiger partial charge >= 0.3 is 0 Å². The van der Waals surface area contributed by atoms with Gasteiger partial charge in [-0.2, -0.15) is 0 Å². The average molecular weight is 279 g/mol. The summed E-state index contributed by atoms with van der Waals surface area (Å²) in [4.78, 5) is 17.0. The minimum absolute atomic E-state index is 0.389. The number of nitrogens with one attached hydrogen (secondary N) is 1. The third kappa shape index (κ3) is 3.01. The summed E-state index contributed by atoms with van der Waals surface area (Å²) < 4.78 is 0. The normalized spacial score (nSPS) is 34.5. The van der Waals surface area contributed by atoms with Crippen molar-refractivity contribution in [2.24, 2.45) is 0 Å². The fourth-order valence-corrected chi connectivity index (χ4v) is 4.40. The molecule has 1 N–H and O–H groups in total. The van der Waals surface area contributed by atoms with Gasteiger partial charge in [-0.05, 0) is 52.0 Å². The highest BCUT2D eigenvalue weighted by Gasteiger charge is 2.40. The SMILES string of the molecule is CNC1CC2CCC(C1)N2CCC(=O)N1CCCCC1. The maximum absolute atomic E-state index is 12.3. The Morgan fingerprint density at radius 2 is 1.75 bits per heavy atom. The quantitative estimate of drug-likeness (QED) is 0.849. The van der Waals surface area contributed by atoms with Crippen LogP contribution in [0, 0.1) is 0 Å². The highest BCUT2D eigenvalue weighted by molar-refractivity contribution is 5.76. The Bertz CT molecular complexity index is 327. The summed E-state index contributed by atoms with van der Waals surface area (Å²) in [5, 5.41) is 3.44. The molecule has 20 heavy (non-hydrogen) atoms. The number of carbonyl (C=O) groups is 1. The van der Waals surface area contributed by atoms with Gasteiger partial charge in [0.05, 0.1) is 0 Å². The van der Waals surface area contributed by atoms with E-state index in [9.17, 15) is 4.79 Å². The van der Waals surface area contributed by atoms with Gasteiger partial charge in [-0.1, -0.05) is 0 Å². The number of hydrogen-bond acceptors (Lipinski definition) is 3. The topological polar surface area (TPSA) is 35.6 Å². The Morgan fingerprint density at radius 1 is 1.10 bits per heavy atom. The zero-order valence-corrected chi connectivity index (χ0v) is 12.8. The lowest BCUT2D eigenvalue weighted by atomic mass is 9.97. The summed E-state index contributed by atoms with van der Waals surface area (Å²) >= 11 is 0. The van der Waals surface area contributed by atoms with E-state index >= 15 is 0 Å². The van der Waals surface area contributed by atoms with E-state index in [0.29, 0.717) is 11.9 Å². The minimum atomic E-state index is 0.389. The first-order valence-electron chi connectivity index (χ1n) is 8.48. The second kappa shape index (κ2) is 6.44. The van der Waals surface area contributed by atoms with Gasteiger partial charge in [-0.15, -0.1) is 0 Å². The lowest BCUT2D eigenvalue weighted by molar-refractivity contribution is -0.132. The van der Waals surface area contributed by atoms with Crippen LogP contribution in [0.5, 0.6) is 0 Å². The zero-order valence-electron chi connectivity index (χ0n) is 12.8. The summed E-state index contributed by atoms with van der Waals surface area (Å²) in [6.45, 7) is 2.97. The predicted octanol–water partition coefficient (Wildman–Crippen LogP) is 1.60. The molecule has 0 radical (unpaired) electrons. The molecule has 3 aliphatic rings. The van der Waals surface area contributed by atoms with Crippen molar-refractivity contribution >= 4 is 5.91 Å². The molecule has 3 fully saturated rings. The molecule has 0 aromatic rings. The van der Waals surface area contributed by atoms with Crippen molar-refractivity contribution < 1.29 is 4.79 Å². The van der Waals surface area contributed by atoms with Crippen LogP contribution in [0.15, 0.2) is 0 Å². The van der Waals surface area contributed by atoms with E-state index in [1.165, 1.54) is 44.9 Å². The van der Waals surface area contributed by atoms with E-state index < -0.39 is 0 Å². The third-order valence-corrected chi connectivity index (χ3v) is 5.59. The van der Waals surface area contributed by atoms with Gasteiger partial charge in [0.25, 0.3) is 0 Å². The summed E-state index contributed by atoms with van der Waals surface area (Å²) in [6.07, 6.45) is 9.63. The van der Waals surface area contributed by atoms with E-state index in [2.05, 4.69) is 22.2 Å². The Kier molecular flexibility index (Phi) is 4.61. The first-order valence-corrected chi connectivity index (χ1v) is 8.48. The Morgan fingerprint density at radius 3 is 2.35 bits per heavy atom. The average Bonchev–Trinajstić information content (AvgIpc) is 2.74. The largest absolute Gasteiger partial charge is 0.343 e. The fraction of sp³-hybridized carbons (Fsp3) is 0.938. The molecule has 3 saturated heterocycles. The number of rotatable bonds is 4. The van der Waals surface area contributed by atoms with Gasteiger partial charge in [-0.3, -0.25) is 9.69 Å². The van der Waals surface area contributed by atoms with Crippen molar-refractivity contribution in [2.45, 2.75) is 69.5 Å². The molecule has 3 heterocycles. The lowest BCUT2D eigenvalue weighted by Gasteiger charge is -2.39.